The number of hydrogen-bond acceptors (Lipinski definition) is 4. The van der Waals surface area contributed by atoms with Crippen LogP contribution >= 0.6 is 0 Å². The molecule has 2 N–H and O–H groups in total. The lowest BCUT2D eigenvalue weighted by Crippen LogP contribution is -2.65. The molecule has 4 nitrogen and oxygen atoms in total. The lowest BCUT2D eigenvalue weighted by molar-refractivity contribution is -0.343. The lowest BCUT2D eigenvalue weighted by Gasteiger charge is -2.63. The predicted molar refractivity (Wildman–Crippen MR) is 115 cm³/mol. The molecule has 1 heterocycles. The van der Waals surface area contributed by atoms with Gasteiger partial charge in [0.05, 0.1) is 24.9 Å². The Morgan fingerprint density at radius 1 is 1.10 bits per heavy atom. The van der Waals surface area contributed by atoms with Crippen LogP contribution in [0.3, 0.4) is 0 Å². The Kier molecular flexibility index (Phi) is 4.61. The molecule has 1 saturated heterocycles. The fourth-order valence-corrected chi connectivity index (χ4v) is 7.78. The molecule has 1 spiro atoms. The van der Waals surface area contributed by atoms with Crippen LogP contribution in [0.1, 0.15) is 78.6 Å². The first kappa shape index (κ1) is 21.0. The summed E-state index contributed by atoms with van der Waals surface area (Å²) < 4.78 is 12.6. The highest BCUT2D eigenvalue weighted by atomic mass is 16.7. The van der Waals surface area contributed by atoms with Crippen molar-refractivity contribution in [2.45, 2.75) is 96.1 Å². The Balaban J connectivity index is 1.50. The Hall–Kier alpha value is -0.860. The van der Waals surface area contributed by atoms with Gasteiger partial charge in [0.25, 0.3) is 0 Å². The second-order valence-corrected chi connectivity index (χ2v) is 12.0. The minimum atomic E-state index is -0.896. The maximum atomic E-state index is 12.2. The van der Waals surface area contributed by atoms with Crippen molar-refractivity contribution >= 4 is 0 Å². The van der Waals surface area contributed by atoms with Crippen LogP contribution in [0.4, 0.5) is 0 Å². The molecule has 0 unspecified atom stereocenters. The van der Waals surface area contributed by atoms with Gasteiger partial charge in [0.15, 0.2) is 5.79 Å². The number of allylic oxidation sites excluding steroid dienone is 1. The summed E-state index contributed by atoms with van der Waals surface area (Å²) in [5, 5.41) is 22.9. The van der Waals surface area contributed by atoms with Crippen molar-refractivity contribution in [2.24, 2.45) is 28.1 Å². The van der Waals surface area contributed by atoms with Crippen molar-refractivity contribution in [1.29, 1.82) is 0 Å². The van der Waals surface area contributed by atoms with Gasteiger partial charge in [-0.3, -0.25) is 0 Å². The van der Waals surface area contributed by atoms with E-state index in [1.54, 1.807) is 0 Å². The Morgan fingerprint density at radius 3 is 2.53 bits per heavy atom. The van der Waals surface area contributed by atoms with Gasteiger partial charge in [-0.2, -0.15) is 0 Å². The van der Waals surface area contributed by atoms with E-state index in [0.29, 0.717) is 37.9 Å². The zero-order chi connectivity index (χ0) is 21.4. The minimum absolute atomic E-state index is 0.0124. The summed E-state index contributed by atoms with van der Waals surface area (Å²) in [7, 11) is 0. The van der Waals surface area contributed by atoms with Crippen LogP contribution in [0, 0.1) is 40.4 Å². The summed E-state index contributed by atoms with van der Waals surface area (Å²) in [5.74, 6) is 3.18. The summed E-state index contributed by atoms with van der Waals surface area (Å²) in [6, 6.07) is 0. The smallest absolute Gasteiger partial charge is 0.171 e. The van der Waals surface area contributed by atoms with Crippen LogP contribution in [0.2, 0.25) is 0 Å². The second kappa shape index (κ2) is 6.58. The Morgan fingerprint density at radius 2 is 1.83 bits per heavy atom. The Labute approximate surface area is 181 Å². The first-order valence-corrected chi connectivity index (χ1v) is 11.9. The molecule has 6 atom stereocenters. The van der Waals surface area contributed by atoms with Crippen LogP contribution in [-0.4, -0.2) is 40.9 Å². The quantitative estimate of drug-likeness (QED) is 0.499. The van der Waals surface area contributed by atoms with Crippen LogP contribution in [0.5, 0.6) is 0 Å². The van der Waals surface area contributed by atoms with Gasteiger partial charge in [-0.25, -0.2) is 0 Å². The largest absolute Gasteiger partial charge is 0.393 e. The number of aliphatic hydroxyl groups is 2. The maximum Gasteiger partial charge on any atom is 0.171 e. The molecule has 3 saturated carbocycles. The predicted octanol–water partition coefficient (Wildman–Crippen LogP) is 4.20. The van der Waals surface area contributed by atoms with Crippen LogP contribution in [0.25, 0.3) is 0 Å². The first-order valence-electron chi connectivity index (χ1n) is 11.9. The van der Waals surface area contributed by atoms with E-state index in [2.05, 4.69) is 32.8 Å². The number of aliphatic hydroxyl groups excluding tert-OH is 1. The fourth-order valence-electron chi connectivity index (χ4n) is 7.78. The van der Waals surface area contributed by atoms with Crippen molar-refractivity contribution in [2.75, 3.05) is 13.2 Å². The number of hydrogen-bond donors (Lipinski definition) is 2. The Bertz CT molecular complexity index is 783. The summed E-state index contributed by atoms with van der Waals surface area (Å²) in [5.41, 5.74) is 0.0877. The van der Waals surface area contributed by atoms with E-state index in [4.69, 9.17) is 15.9 Å². The summed E-state index contributed by atoms with van der Waals surface area (Å²) in [6.45, 7) is 7.90. The highest BCUT2D eigenvalue weighted by Gasteiger charge is 2.66. The SMILES string of the molecule is C#CC[C@]12CCC3(C[C@]1(O)CC[C@@H]1C2=CC[C@]2(C)[C@@H](O)CC[C@@H]12)OCC(C)(C)CO3. The molecule has 4 fully saturated rings. The second-order valence-electron chi connectivity index (χ2n) is 12.0. The van der Waals surface area contributed by atoms with Crippen LogP contribution in [0.15, 0.2) is 11.6 Å². The van der Waals surface area contributed by atoms with Crippen LogP contribution in [-0.2, 0) is 9.47 Å². The normalized spacial score (nSPS) is 48.8. The lowest BCUT2D eigenvalue weighted by atomic mass is 9.45. The number of ether oxygens (including phenoxy) is 2. The number of rotatable bonds is 1. The van der Waals surface area contributed by atoms with Crippen molar-refractivity contribution in [3.63, 3.8) is 0 Å². The molecule has 0 aromatic rings. The zero-order valence-electron chi connectivity index (χ0n) is 18.9. The molecule has 4 heteroatoms. The molecule has 0 aromatic carbocycles. The van der Waals surface area contributed by atoms with E-state index in [-0.39, 0.29) is 22.3 Å². The van der Waals surface area contributed by atoms with E-state index in [1.165, 1.54) is 5.57 Å². The van der Waals surface area contributed by atoms with E-state index < -0.39 is 11.4 Å². The van der Waals surface area contributed by atoms with Crippen molar-refractivity contribution in [1.82, 2.24) is 0 Å². The third-order valence-electron chi connectivity index (χ3n) is 9.67. The molecule has 166 valence electrons. The molecule has 0 radical (unpaired) electrons. The highest BCUT2D eigenvalue weighted by molar-refractivity contribution is 5.35. The molecule has 1 aliphatic heterocycles. The molecular weight excluding hydrogens is 376 g/mol. The molecule has 5 aliphatic rings. The summed E-state index contributed by atoms with van der Waals surface area (Å²) in [6.07, 6.45) is 15.3. The van der Waals surface area contributed by atoms with Crippen molar-refractivity contribution < 1.29 is 19.7 Å². The molecule has 30 heavy (non-hydrogen) atoms. The van der Waals surface area contributed by atoms with Gasteiger partial charge in [0, 0.05) is 35.5 Å². The van der Waals surface area contributed by atoms with Gasteiger partial charge in [-0.05, 0) is 50.4 Å². The minimum Gasteiger partial charge on any atom is -0.393 e. The van der Waals surface area contributed by atoms with Gasteiger partial charge in [0.2, 0.25) is 0 Å². The maximum absolute atomic E-state index is 12.2. The van der Waals surface area contributed by atoms with Crippen molar-refractivity contribution in [3.8, 4) is 12.3 Å². The standard InChI is InChI=1S/C26H38O4/c1-5-10-24-13-14-26(29-16-22(2,3)17-30-26)15-25(24,28)12-8-18-19-6-7-21(27)23(19,4)11-9-20(18)24/h1,9,18-19,21,27-28H,6-8,10-17H2,2-4H3/t18-,19-,21-,23-,24+,25+/m0/s1. The molecule has 5 rings (SSSR count). The zero-order valence-corrected chi connectivity index (χ0v) is 18.9. The van der Waals surface area contributed by atoms with Gasteiger partial charge in [-0.1, -0.05) is 32.4 Å². The molecule has 0 amide bonds. The van der Waals surface area contributed by atoms with E-state index in [9.17, 15) is 10.2 Å². The molecule has 0 bridgehead atoms. The number of terminal acetylenes is 1. The molecule has 0 aromatic heterocycles. The fraction of sp³-hybridized carbons (Fsp3) is 0.846. The van der Waals surface area contributed by atoms with Gasteiger partial charge in [0.1, 0.15) is 0 Å². The summed E-state index contributed by atoms with van der Waals surface area (Å²) in [4.78, 5) is 0. The van der Waals surface area contributed by atoms with Crippen LogP contribution < -0.4 is 0 Å². The van der Waals surface area contributed by atoms with Gasteiger partial charge in [-0.15, -0.1) is 12.3 Å². The molecular formula is C26H38O4. The third-order valence-corrected chi connectivity index (χ3v) is 9.67. The van der Waals surface area contributed by atoms with E-state index in [1.807, 2.05) is 0 Å². The average Bonchev–Trinajstić information content (AvgIpc) is 3.00. The van der Waals surface area contributed by atoms with Gasteiger partial charge < -0.3 is 19.7 Å². The number of fused-ring (bicyclic) bond motifs is 5. The molecule has 4 aliphatic carbocycles. The first-order chi connectivity index (χ1) is 14.1. The summed E-state index contributed by atoms with van der Waals surface area (Å²) >= 11 is 0. The highest BCUT2D eigenvalue weighted by Crippen LogP contribution is 2.67. The van der Waals surface area contributed by atoms with Crippen molar-refractivity contribution in [3.05, 3.63) is 11.6 Å². The van der Waals surface area contributed by atoms with E-state index >= 15 is 0 Å². The average molecular weight is 415 g/mol. The van der Waals surface area contributed by atoms with E-state index in [0.717, 1.165) is 44.9 Å². The third kappa shape index (κ3) is 2.75. The topological polar surface area (TPSA) is 58.9 Å². The van der Waals surface area contributed by atoms with Gasteiger partial charge >= 0.3 is 0 Å². The monoisotopic (exact) mass is 414 g/mol.